The predicted molar refractivity (Wildman–Crippen MR) is 70.4 cm³/mol. The highest BCUT2D eigenvalue weighted by atomic mass is 16.5. The maximum absolute atomic E-state index is 5.59. The third-order valence-electron chi connectivity index (χ3n) is 2.44. The molecule has 0 fully saturated rings. The molecule has 0 aliphatic rings. The van der Waals surface area contributed by atoms with Crippen molar-refractivity contribution in [3.8, 4) is 5.75 Å². The summed E-state index contributed by atoms with van der Waals surface area (Å²) in [5.74, 6) is 0.931. The Kier molecular flexibility index (Phi) is 7.43. The van der Waals surface area contributed by atoms with Crippen molar-refractivity contribution in [2.24, 2.45) is 0 Å². The minimum Gasteiger partial charge on any atom is -0.494 e. The first-order valence-electron chi connectivity index (χ1n) is 6.28. The van der Waals surface area contributed by atoms with Crippen LogP contribution in [0.3, 0.4) is 0 Å². The fraction of sp³-hybridized carbons (Fsp3) is 0.571. The Morgan fingerprint density at radius 2 is 1.88 bits per heavy atom. The molecule has 17 heavy (non-hydrogen) atoms. The van der Waals surface area contributed by atoms with Gasteiger partial charge in [0.05, 0.1) is 6.61 Å². The molecule has 0 bridgehead atoms. The molecule has 0 atom stereocenters. The molecule has 0 saturated heterocycles. The molecule has 0 aromatic heterocycles. The number of nitrogens with one attached hydrogen (secondary N) is 1. The largest absolute Gasteiger partial charge is 0.494 e. The van der Waals surface area contributed by atoms with Gasteiger partial charge < -0.3 is 14.8 Å². The predicted octanol–water partition coefficient (Wildman–Crippen LogP) is 2.60. The lowest BCUT2D eigenvalue weighted by Crippen LogP contribution is -2.13. The summed E-state index contributed by atoms with van der Waals surface area (Å²) in [5, 5.41) is 3.37. The average Bonchev–Trinajstić information content (AvgIpc) is 2.37. The Morgan fingerprint density at radius 3 is 2.53 bits per heavy atom. The number of benzene rings is 1. The van der Waals surface area contributed by atoms with E-state index < -0.39 is 0 Å². The molecular weight excluding hydrogens is 214 g/mol. The van der Waals surface area contributed by atoms with Gasteiger partial charge in [-0.15, -0.1) is 0 Å². The Bertz CT molecular complexity index is 285. The Balaban J connectivity index is 2.24. The van der Waals surface area contributed by atoms with Gasteiger partial charge in [-0.3, -0.25) is 0 Å². The van der Waals surface area contributed by atoms with Gasteiger partial charge in [0.1, 0.15) is 5.75 Å². The van der Waals surface area contributed by atoms with Gasteiger partial charge in [0, 0.05) is 26.7 Å². The van der Waals surface area contributed by atoms with Crippen LogP contribution < -0.4 is 10.1 Å². The van der Waals surface area contributed by atoms with E-state index in [-0.39, 0.29) is 0 Å². The van der Waals surface area contributed by atoms with Crippen molar-refractivity contribution < 1.29 is 9.47 Å². The zero-order valence-corrected chi connectivity index (χ0v) is 10.9. The summed E-state index contributed by atoms with van der Waals surface area (Å²) in [7, 11) is 1.71. The van der Waals surface area contributed by atoms with Crippen molar-refractivity contribution in [2.45, 2.75) is 26.3 Å². The summed E-state index contributed by atoms with van der Waals surface area (Å²) in [6.45, 7) is 5.62. The molecule has 3 heteroatoms. The van der Waals surface area contributed by atoms with Crippen molar-refractivity contribution in [1.82, 2.24) is 5.32 Å². The second-order valence-corrected chi connectivity index (χ2v) is 4.02. The molecule has 1 rings (SSSR count). The highest BCUT2D eigenvalue weighted by Crippen LogP contribution is 2.12. The van der Waals surface area contributed by atoms with Gasteiger partial charge in [0.15, 0.2) is 0 Å². The van der Waals surface area contributed by atoms with Gasteiger partial charge in [-0.1, -0.05) is 19.1 Å². The van der Waals surface area contributed by atoms with Gasteiger partial charge in [-0.25, -0.2) is 0 Å². The summed E-state index contributed by atoms with van der Waals surface area (Å²) in [5.41, 5.74) is 1.29. The number of hydrogen-bond acceptors (Lipinski definition) is 3. The molecule has 0 spiro atoms. The van der Waals surface area contributed by atoms with Crippen LogP contribution in [-0.4, -0.2) is 26.9 Å². The molecule has 1 aromatic carbocycles. The third-order valence-corrected chi connectivity index (χ3v) is 2.44. The standard InChI is InChI=1S/C14H23NO2/c1-3-9-15-12-13-5-7-14(8-6-13)17-11-4-10-16-2/h5-8,15H,3-4,9-12H2,1-2H3. The Hall–Kier alpha value is -1.06. The number of hydrogen-bond donors (Lipinski definition) is 1. The molecule has 1 N–H and O–H groups in total. The number of methoxy groups -OCH3 is 1. The molecule has 0 unspecified atom stereocenters. The van der Waals surface area contributed by atoms with Gasteiger partial charge in [-0.2, -0.15) is 0 Å². The normalized spacial score (nSPS) is 10.5. The quantitative estimate of drug-likeness (QED) is 0.670. The Labute approximate surface area is 104 Å². The van der Waals surface area contributed by atoms with E-state index in [1.807, 2.05) is 12.1 Å². The van der Waals surface area contributed by atoms with E-state index in [2.05, 4.69) is 24.4 Å². The van der Waals surface area contributed by atoms with E-state index in [0.717, 1.165) is 31.9 Å². The lowest BCUT2D eigenvalue weighted by Gasteiger charge is -2.07. The van der Waals surface area contributed by atoms with E-state index in [9.17, 15) is 0 Å². The van der Waals surface area contributed by atoms with Crippen LogP contribution in [0.15, 0.2) is 24.3 Å². The minimum atomic E-state index is 0.710. The maximum atomic E-state index is 5.59. The van der Waals surface area contributed by atoms with Crippen molar-refractivity contribution in [3.05, 3.63) is 29.8 Å². The van der Waals surface area contributed by atoms with Gasteiger partial charge in [-0.05, 0) is 30.7 Å². The van der Waals surface area contributed by atoms with Crippen molar-refractivity contribution >= 4 is 0 Å². The first kappa shape index (κ1) is 14.0. The van der Waals surface area contributed by atoms with E-state index in [0.29, 0.717) is 6.61 Å². The number of ether oxygens (including phenoxy) is 2. The monoisotopic (exact) mass is 237 g/mol. The maximum Gasteiger partial charge on any atom is 0.119 e. The van der Waals surface area contributed by atoms with Crippen molar-refractivity contribution in [3.63, 3.8) is 0 Å². The van der Waals surface area contributed by atoms with Crippen molar-refractivity contribution in [1.29, 1.82) is 0 Å². The lowest BCUT2D eigenvalue weighted by molar-refractivity contribution is 0.172. The minimum absolute atomic E-state index is 0.710. The molecule has 0 radical (unpaired) electrons. The summed E-state index contributed by atoms with van der Waals surface area (Å²) in [6, 6.07) is 8.26. The van der Waals surface area contributed by atoms with E-state index in [4.69, 9.17) is 9.47 Å². The fourth-order valence-corrected chi connectivity index (χ4v) is 1.51. The summed E-state index contributed by atoms with van der Waals surface area (Å²) < 4.78 is 10.6. The zero-order valence-electron chi connectivity index (χ0n) is 10.9. The highest BCUT2D eigenvalue weighted by Gasteiger charge is 1.95. The topological polar surface area (TPSA) is 30.5 Å². The molecule has 3 nitrogen and oxygen atoms in total. The van der Waals surface area contributed by atoms with Crippen LogP contribution in [0.25, 0.3) is 0 Å². The van der Waals surface area contributed by atoms with Gasteiger partial charge in [0.25, 0.3) is 0 Å². The molecule has 0 aliphatic carbocycles. The second kappa shape index (κ2) is 9.02. The Morgan fingerprint density at radius 1 is 1.12 bits per heavy atom. The van der Waals surface area contributed by atoms with E-state index >= 15 is 0 Å². The fourth-order valence-electron chi connectivity index (χ4n) is 1.51. The van der Waals surface area contributed by atoms with E-state index in [1.165, 1.54) is 12.0 Å². The third kappa shape index (κ3) is 6.29. The van der Waals surface area contributed by atoms with E-state index in [1.54, 1.807) is 7.11 Å². The van der Waals surface area contributed by atoms with Crippen LogP contribution in [0.4, 0.5) is 0 Å². The summed E-state index contributed by atoms with van der Waals surface area (Å²) >= 11 is 0. The average molecular weight is 237 g/mol. The highest BCUT2D eigenvalue weighted by molar-refractivity contribution is 5.27. The molecule has 96 valence electrons. The zero-order chi connectivity index (χ0) is 12.3. The molecular formula is C14H23NO2. The van der Waals surface area contributed by atoms with Crippen LogP contribution in [0.2, 0.25) is 0 Å². The first-order chi connectivity index (χ1) is 8.36. The smallest absolute Gasteiger partial charge is 0.119 e. The summed E-state index contributed by atoms with van der Waals surface area (Å²) in [4.78, 5) is 0. The molecule has 0 saturated carbocycles. The molecule has 0 aliphatic heterocycles. The van der Waals surface area contributed by atoms with Crippen molar-refractivity contribution in [2.75, 3.05) is 26.9 Å². The lowest BCUT2D eigenvalue weighted by atomic mass is 10.2. The van der Waals surface area contributed by atoms with Crippen LogP contribution in [0, 0.1) is 0 Å². The van der Waals surface area contributed by atoms with Crippen LogP contribution >= 0.6 is 0 Å². The van der Waals surface area contributed by atoms with Gasteiger partial charge >= 0.3 is 0 Å². The van der Waals surface area contributed by atoms with Gasteiger partial charge in [0.2, 0.25) is 0 Å². The molecule has 0 amide bonds. The second-order valence-electron chi connectivity index (χ2n) is 4.02. The molecule has 0 heterocycles. The molecule has 1 aromatic rings. The number of rotatable bonds is 9. The van der Waals surface area contributed by atoms with Crippen LogP contribution in [-0.2, 0) is 11.3 Å². The first-order valence-corrected chi connectivity index (χ1v) is 6.28. The summed E-state index contributed by atoms with van der Waals surface area (Å²) in [6.07, 6.45) is 2.09. The SMILES string of the molecule is CCCNCc1ccc(OCCCOC)cc1. The van der Waals surface area contributed by atoms with Crippen LogP contribution in [0.1, 0.15) is 25.3 Å². The van der Waals surface area contributed by atoms with Crippen LogP contribution in [0.5, 0.6) is 5.75 Å².